The predicted octanol–water partition coefficient (Wildman–Crippen LogP) is 3.69. The van der Waals surface area contributed by atoms with Gasteiger partial charge in [0.1, 0.15) is 0 Å². The van der Waals surface area contributed by atoms with Gasteiger partial charge in [-0.05, 0) is 40.0 Å². The summed E-state index contributed by atoms with van der Waals surface area (Å²) in [6.07, 6.45) is 0.526. The SMILES string of the molecule is O=C1CC(CCl)CN1c1ccc(Cl)cc1Br. The zero-order chi connectivity index (χ0) is 11.7. The number of anilines is 1. The molecular weight excluding hydrogens is 313 g/mol. The van der Waals surface area contributed by atoms with Crippen LogP contribution in [-0.4, -0.2) is 18.3 Å². The summed E-state index contributed by atoms with van der Waals surface area (Å²) in [6, 6.07) is 5.42. The quantitative estimate of drug-likeness (QED) is 0.760. The number of benzene rings is 1. The molecule has 1 amide bonds. The smallest absolute Gasteiger partial charge is 0.227 e. The number of carbonyl (C=O) groups is 1. The Morgan fingerprint density at radius 2 is 2.25 bits per heavy atom. The summed E-state index contributed by atoms with van der Waals surface area (Å²) in [5.41, 5.74) is 0.863. The minimum atomic E-state index is 0.119. The van der Waals surface area contributed by atoms with Gasteiger partial charge in [-0.15, -0.1) is 11.6 Å². The molecule has 0 spiro atoms. The van der Waals surface area contributed by atoms with Crippen molar-refractivity contribution >= 4 is 50.7 Å². The maximum Gasteiger partial charge on any atom is 0.227 e. The summed E-state index contributed by atoms with van der Waals surface area (Å²) < 4.78 is 0.837. The second-order valence-electron chi connectivity index (χ2n) is 3.82. The molecule has 0 aromatic heterocycles. The van der Waals surface area contributed by atoms with Crippen molar-refractivity contribution in [2.75, 3.05) is 17.3 Å². The van der Waals surface area contributed by atoms with Crippen molar-refractivity contribution < 1.29 is 4.79 Å². The standard InChI is InChI=1S/C11H10BrCl2NO/c12-9-4-8(14)1-2-10(9)15-6-7(5-13)3-11(15)16/h1-2,4,7H,3,5-6H2. The molecule has 0 saturated carbocycles. The molecule has 1 aromatic carbocycles. The molecule has 1 atom stereocenters. The first-order chi connectivity index (χ1) is 7.61. The largest absolute Gasteiger partial charge is 0.311 e. The van der Waals surface area contributed by atoms with Crippen molar-refractivity contribution in [3.05, 3.63) is 27.7 Å². The van der Waals surface area contributed by atoms with Crippen molar-refractivity contribution in [3.8, 4) is 0 Å². The molecule has 5 heteroatoms. The van der Waals surface area contributed by atoms with Gasteiger partial charge in [-0.2, -0.15) is 0 Å². The van der Waals surface area contributed by atoms with E-state index < -0.39 is 0 Å². The first-order valence-corrected chi connectivity index (χ1v) is 6.63. The lowest BCUT2D eigenvalue weighted by atomic mass is 10.1. The van der Waals surface area contributed by atoms with E-state index in [1.165, 1.54) is 0 Å². The summed E-state index contributed by atoms with van der Waals surface area (Å²) in [6.45, 7) is 0.683. The molecule has 2 nitrogen and oxygen atoms in total. The molecule has 1 heterocycles. The van der Waals surface area contributed by atoms with Crippen LogP contribution in [0.1, 0.15) is 6.42 Å². The van der Waals surface area contributed by atoms with Gasteiger partial charge in [0, 0.05) is 28.3 Å². The lowest BCUT2D eigenvalue weighted by molar-refractivity contribution is -0.117. The van der Waals surface area contributed by atoms with Crippen LogP contribution in [0.25, 0.3) is 0 Å². The van der Waals surface area contributed by atoms with Gasteiger partial charge in [0.2, 0.25) is 5.91 Å². The van der Waals surface area contributed by atoms with Gasteiger partial charge in [0.15, 0.2) is 0 Å². The number of alkyl halides is 1. The molecule has 1 aromatic rings. The van der Waals surface area contributed by atoms with Crippen LogP contribution in [0.4, 0.5) is 5.69 Å². The van der Waals surface area contributed by atoms with Gasteiger partial charge < -0.3 is 4.90 Å². The third kappa shape index (κ3) is 2.36. The zero-order valence-electron chi connectivity index (χ0n) is 8.42. The van der Waals surface area contributed by atoms with E-state index in [0.717, 1.165) is 10.2 Å². The highest BCUT2D eigenvalue weighted by atomic mass is 79.9. The topological polar surface area (TPSA) is 20.3 Å². The van der Waals surface area contributed by atoms with E-state index in [1.807, 2.05) is 6.07 Å². The van der Waals surface area contributed by atoms with Gasteiger partial charge in [0.25, 0.3) is 0 Å². The third-order valence-electron chi connectivity index (χ3n) is 2.62. The Balaban J connectivity index is 2.28. The molecule has 1 aliphatic heterocycles. The summed E-state index contributed by atoms with van der Waals surface area (Å²) in [5.74, 6) is 0.887. The number of amides is 1. The summed E-state index contributed by atoms with van der Waals surface area (Å²) in [7, 11) is 0. The Morgan fingerprint density at radius 1 is 1.50 bits per heavy atom. The van der Waals surface area contributed by atoms with Crippen LogP contribution >= 0.6 is 39.1 Å². The number of nitrogens with zero attached hydrogens (tertiary/aromatic N) is 1. The molecule has 1 aliphatic rings. The molecule has 0 aliphatic carbocycles. The summed E-state index contributed by atoms with van der Waals surface area (Å²) in [4.78, 5) is 13.6. The molecule has 0 N–H and O–H groups in total. The average molecular weight is 323 g/mol. The van der Waals surface area contributed by atoms with E-state index in [4.69, 9.17) is 23.2 Å². The molecular formula is C11H10BrCl2NO. The van der Waals surface area contributed by atoms with E-state index in [1.54, 1.807) is 17.0 Å². The predicted molar refractivity (Wildman–Crippen MR) is 70.3 cm³/mol. The summed E-state index contributed by atoms with van der Waals surface area (Å²) in [5, 5.41) is 0.649. The van der Waals surface area contributed by atoms with Crippen LogP contribution in [0, 0.1) is 5.92 Å². The molecule has 1 saturated heterocycles. The molecule has 1 fully saturated rings. The average Bonchev–Trinajstić information content (AvgIpc) is 2.60. The van der Waals surface area contributed by atoms with Crippen molar-refractivity contribution in [1.82, 2.24) is 0 Å². The van der Waals surface area contributed by atoms with Gasteiger partial charge in [-0.3, -0.25) is 4.79 Å². The Labute approximate surface area is 113 Å². The maximum atomic E-state index is 11.8. The Hall–Kier alpha value is -0.250. The molecule has 0 radical (unpaired) electrons. The lowest BCUT2D eigenvalue weighted by Crippen LogP contribution is -2.24. The molecule has 1 unspecified atom stereocenters. The Morgan fingerprint density at radius 3 is 2.81 bits per heavy atom. The van der Waals surface area contributed by atoms with Crippen molar-refractivity contribution in [3.63, 3.8) is 0 Å². The highest BCUT2D eigenvalue weighted by Gasteiger charge is 2.30. The first-order valence-electron chi connectivity index (χ1n) is 4.93. The van der Waals surface area contributed by atoms with E-state index in [0.29, 0.717) is 23.9 Å². The highest BCUT2D eigenvalue weighted by molar-refractivity contribution is 9.10. The molecule has 2 rings (SSSR count). The maximum absolute atomic E-state index is 11.8. The monoisotopic (exact) mass is 321 g/mol. The second-order valence-corrected chi connectivity index (χ2v) is 5.42. The number of hydrogen-bond donors (Lipinski definition) is 0. The minimum absolute atomic E-state index is 0.119. The molecule has 16 heavy (non-hydrogen) atoms. The number of halogens is 3. The van der Waals surface area contributed by atoms with Gasteiger partial charge in [0.05, 0.1) is 5.69 Å². The Bertz CT molecular complexity index is 424. The first kappa shape index (κ1) is 12.2. The minimum Gasteiger partial charge on any atom is -0.311 e. The molecule has 86 valence electrons. The second kappa shape index (κ2) is 4.94. The van der Waals surface area contributed by atoms with E-state index in [-0.39, 0.29) is 11.8 Å². The zero-order valence-corrected chi connectivity index (χ0v) is 11.5. The van der Waals surface area contributed by atoms with Crippen LogP contribution in [0.15, 0.2) is 22.7 Å². The highest BCUT2D eigenvalue weighted by Crippen LogP contribution is 2.33. The van der Waals surface area contributed by atoms with Crippen LogP contribution in [0.3, 0.4) is 0 Å². The van der Waals surface area contributed by atoms with Crippen molar-refractivity contribution in [2.24, 2.45) is 5.92 Å². The number of hydrogen-bond acceptors (Lipinski definition) is 1. The third-order valence-corrected chi connectivity index (χ3v) is 3.93. The fourth-order valence-electron chi connectivity index (χ4n) is 1.82. The van der Waals surface area contributed by atoms with E-state index in [2.05, 4.69) is 15.9 Å². The number of rotatable bonds is 2. The fourth-order valence-corrected chi connectivity index (χ4v) is 2.92. The molecule has 0 bridgehead atoms. The van der Waals surface area contributed by atoms with E-state index in [9.17, 15) is 4.79 Å². The van der Waals surface area contributed by atoms with Gasteiger partial charge in [-0.1, -0.05) is 11.6 Å². The van der Waals surface area contributed by atoms with Crippen LogP contribution < -0.4 is 4.90 Å². The van der Waals surface area contributed by atoms with Crippen molar-refractivity contribution in [2.45, 2.75) is 6.42 Å². The van der Waals surface area contributed by atoms with Gasteiger partial charge >= 0.3 is 0 Å². The Kier molecular flexibility index (Phi) is 3.77. The van der Waals surface area contributed by atoms with Crippen molar-refractivity contribution in [1.29, 1.82) is 0 Å². The normalized spacial score (nSPS) is 20.6. The number of carbonyl (C=O) groups excluding carboxylic acids is 1. The fraction of sp³-hybridized carbons (Fsp3) is 0.364. The van der Waals surface area contributed by atoms with Crippen LogP contribution in [0.2, 0.25) is 5.02 Å². The van der Waals surface area contributed by atoms with E-state index >= 15 is 0 Å². The van der Waals surface area contributed by atoms with Crippen LogP contribution in [-0.2, 0) is 4.79 Å². The van der Waals surface area contributed by atoms with Gasteiger partial charge in [-0.25, -0.2) is 0 Å². The summed E-state index contributed by atoms with van der Waals surface area (Å²) >= 11 is 15.1. The van der Waals surface area contributed by atoms with Crippen LogP contribution in [0.5, 0.6) is 0 Å². The lowest BCUT2D eigenvalue weighted by Gasteiger charge is -2.18.